The number of nitrogen functional groups attached to an aromatic ring is 1. The van der Waals surface area contributed by atoms with Crippen LogP contribution in [-0.2, 0) is 29.7 Å². The van der Waals surface area contributed by atoms with E-state index in [1.165, 1.54) is 33.4 Å². The van der Waals surface area contributed by atoms with Crippen molar-refractivity contribution in [1.82, 2.24) is 24.5 Å². The van der Waals surface area contributed by atoms with E-state index >= 15 is 8.42 Å². The Morgan fingerprint density at radius 1 is 0.731 bits per heavy atom. The first-order valence-corrected chi connectivity index (χ1v) is 17.4. The summed E-state index contributed by atoms with van der Waals surface area (Å²) >= 11 is 0. The van der Waals surface area contributed by atoms with Crippen LogP contribution in [0.2, 0.25) is 0 Å². The quantitative estimate of drug-likeness (QED) is 0.0797. The SMILES string of the molecule is COc1ccc(CN(Cc2ccc(OC)cc2)S(=O)(=O)c2cccc(-c3cccc(N)c3[N+](=O)[O-])c2-c2nnn(Cc3ccc(OC)cc3)n2)cc1. The molecule has 0 saturated heterocycles. The molecule has 0 bridgehead atoms. The Bertz CT molecular complexity index is 2250. The van der Waals surface area contributed by atoms with Gasteiger partial charge in [-0.25, -0.2) is 8.42 Å². The van der Waals surface area contributed by atoms with Crippen LogP contribution in [0.5, 0.6) is 17.2 Å². The van der Waals surface area contributed by atoms with E-state index in [-0.39, 0.29) is 58.4 Å². The minimum atomic E-state index is -4.40. The fourth-order valence-electron chi connectivity index (χ4n) is 5.72. The highest BCUT2D eigenvalue weighted by atomic mass is 32.2. The van der Waals surface area contributed by atoms with Crippen molar-refractivity contribution >= 4 is 21.4 Å². The number of tetrazole rings is 1. The number of para-hydroxylation sites is 1. The minimum Gasteiger partial charge on any atom is -0.497 e. The molecule has 0 unspecified atom stereocenters. The topological polar surface area (TPSA) is 178 Å². The van der Waals surface area contributed by atoms with E-state index in [1.54, 1.807) is 94.1 Å². The number of benzene rings is 5. The van der Waals surface area contributed by atoms with Gasteiger partial charge in [0.1, 0.15) is 22.9 Å². The number of sulfonamides is 1. The number of nitro benzene ring substituents is 1. The summed E-state index contributed by atoms with van der Waals surface area (Å²) in [5, 5.41) is 25.4. The zero-order valence-corrected chi connectivity index (χ0v) is 29.4. The second-order valence-electron chi connectivity index (χ2n) is 11.6. The molecule has 0 saturated carbocycles. The fourth-order valence-corrected chi connectivity index (χ4v) is 7.35. The van der Waals surface area contributed by atoms with Crippen molar-refractivity contribution in [2.75, 3.05) is 27.1 Å². The summed E-state index contributed by atoms with van der Waals surface area (Å²) in [5.74, 6) is 1.87. The summed E-state index contributed by atoms with van der Waals surface area (Å²) in [4.78, 5) is 12.9. The lowest BCUT2D eigenvalue weighted by molar-refractivity contribution is -0.383. The van der Waals surface area contributed by atoms with Crippen molar-refractivity contribution in [2.24, 2.45) is 0 Å². The van der Waals surface area contributed by atoms with E-state index in [0.717, 1.165) is 5.56 Å². The Labute approximate surface area is 300 Å². The van der Waals surface area contributed by atoms with Crippen LogP contribution in [0.3, 0.4) is 0 Å². The highest BCUT2D eigenvalue weighted by Gasteiger charge is 2.33. The molecule has 2 N–H and O–H groups in total. The Morgan fingerprint density at radius 2 is 1.23 bits per heavy atom. The van der Waals surface area contributed by atoms with Gasteiger partial charge in [0, 0.05) is 18.7 Å². The van der Waals surface area contributed by atoms with Gasteiger partial charge in [0.05, 0.1) is 48.8 Å². The summed E-state index contributed by atoms with van der Waals surface area (Å²) in [6.45, 7) is 0.177. The third kappa shape index (κ3) is 7.55. The van der Waals surface area contributed by atoms with Crippen LogP contribution in [-0.4, -0.2) is 59.2 Å². The standard InChI is InChI=1S/C37H35N7O7S/c1-49-28-16-10-25(11-17-28)22-42(23-26-12-18-29(50-2)19-13-26)52(47,48)34-9-5-6-31(32-7-4-8-33(38)36(32)44(45)46)35(34)37-39-41-43(40-37)24-27-14-20-30(51-3)21-15-27/h4-21H,22-24,38H2,1-3H3. The number of methoxy groups -OCH3 is 3. The van der Waals surface area contributed by atoms with Crippen molar-refractivity contribution in [3.8, 4) is 39.8 Å². The Hall–Kier alpha value is -6.32. The first-order chi connectivity index (χ1) is 25.1. The Kier molecular flexibility index (Phi) is 10.4. The fraction of sp³-hybridized carbons (Fsp3) is 0.162. The lowest BCUT2D eigenvalue weighted by Crippen LogP contribution is -2.31. The molecule has 0 radical (unpaired) electrons. The number of nitro groups is 1. The molecule has 0 spiro atoms. The molecule has 5 aromatic carbocycles. The van der Waals surface area contributed by atoms with Gasteiger partial charge in [-0.15, -0.1) is 10.2 Å². The van der Waals surface area contributed by atoms with Crippen molar-refractivity contribution < 1.29 is 27.6 Å². The molecular weight excluding hydrogens is 687 g/mol. The molecule has 52 heavy (non-hydrogen) atoms. The van der Waals surface area contributed by atoms with Gasteiger partial charge in [-0.05, 0) is 76.5 Å². The summed E-state index contributed by atoms with van der Waals surface area (Å²) < 4.78 is 47.3. The van der Waals surface area contributed by atoms with E-state index in [9.17, 15) is 10.1 Å². The van der Waals surface area contributed by atoms with Crippen molar-refractivity contribution in [3.05, 3.63) is 136 Å². The van der Waals surface area contributed by atoms with Crippen molar-refractivity contribution in [3.63, 3.8) is 0 Å². The maximum atomic E-state index is 15.0. The number of rotatable bonds is 14. The molecule has 6 aromatic rings. The lowest BCUT2D eigenvalue weighted by Gasteiger charge is -2.24. The maximum absolute atomic E-state index is 15.0. The van der Waals surface area contributed by atoms with E-state index < -0.39 is 14.9 Å². The highest BCUT2D eigenvalue weighted by molar-refractivity contribution is 7.89. The Morgan fingerprint density at radius 3 is 1.75 bits per heavy atom. The zero-order valence-electron chi connectivity index (χ0n) is 28.5. The molecule has 0 aliphatic heterocycles. The van der Waals surface area contributed by atoms with Gasteiger partial charge < -0.3 is 19.9 Å². The molecule has 266 valence electrons. The van der Waals surface area contributed by atoms with Gasteiger partial charge in [0.25, 0.3) is 5.69 Å². The van der Waals surface area contributed by atoms with Crippen LogP contribution in [0.25, 0.3) is 22.5 Å². The molecule has 0 fully saturated rings. The van der Waals surface area contributed by atoms with Crippen LogP contribution in [0, 0.1) is 10.1 Å². The lowest BCUT2D eigenvalue weighted by atomic mass is 9.97. The van der Waals surface area contributed by atoms with Crippen LogP contribution in [0.1, 0.15) is 16.7 Å². The zero-order chi connectivity index (χ0) is 36.8. The monoisotopic (exact) mass is 721 g/mol. The normalized spacial score (nSPS) is 11.4. The molecular formula is C37H35N7O7S. The third-order valence-electron chi connectivity index (χ3n) is 8.38. The molecule has 1 aromatic heterocycles. The third-order valence-corrected chi connectivity index (χ3v) is 10.2. The average Bonchev–Trinajstić information content (AvgIpc) is 3.62. The van der Waals surface area contributed by atoms with E-state index in [0.29, 0.717) is 28.4 Å². The number of ether oxygens (including phenoxy) is 3. The van der Waals surface area contributed by atoms with Gasteiger partial charge >= 0.3 is 0 Å². The number of nitrogens with two attached hydrogens (primary N) is 1. The molecule has 0 aliphatic carbocycles. The van der Waals surface area contributed by atoms with Gasteiger partial charge in [-0.2, -0.15) is 9.10 Å². The van der Waals surface area contributed by atoms with Crippen molar-refractivity contribution in [1.29, 1.82) is 0 Å². The number of aromatic nitrogens is 4. The molecule has 15 heteroatoms. The average molecular weight is 722 g/mol. The second-order valence-corrected chi connectivity index (χ2v) is 13.5. The molecule has 1 heterocycles. The Balaban J connectivity index is 1.52. The summed E-state index contributed by atoms with van der Waals surface area (Å²) in [6.07, 6.45) is 0. The summed E-state index contributed by atoms with van der Waals surface area (Å²) in [7, 11) is 0.276. The summed E-state index contributed by atoms with van der Waals surface area (Å²) in [6, 6.07) is 30.5. The van der Waals surface area contributed by atoms with E-state index in [4.69, 9.17) is 19.9 Å². The van der Waals surface area contributed by atoms with Crippen LogP contribution >= 0.6 is 0 Å². The highest BCUT2D eigenvalue weighted by Crippen LogP contribution is 2.42. The molecule has 14 nitrogen and oxygen atoms in total. The van der Waals surface area contributed by atoms with Gasteiger partial charge in [0.15, 0.2) is 0 Å². The number of hydrogen-bond donors (Lipinski definition) is 1. The first kappa shape index (κ1) is 35.5. The van der Waals surface area contributed by atoms with Gasteiger partial charge in [-0.1, -0.05) is 54.6 Å². The molecule has 0 aliphatic rings. The van der Waals surface area contributed by atoms with Crippen LogP contribution in [0.15, 0.2) is 114 Å². The second kappa shape index (κ2) is 15.3. The minimum absolute atomic E-state index is 0.0158. The predicted molar refractivity (Wildman–Crippen MR) is 194 cm³/mol. The van der Waals surface area contributed by atoms with E-state index in [2.05, 4.69) is 15.4 Å². The predicted octanol–water partition coefficient (Wildman–Crippen LogP) is 5.96. The first-order valence-electron chi connectivity index (χ1n) is 15.9. The molecule has 0 atom stereocenters. The van der Waals surface area contributed by atoms with Gasteiger partial charge in [0.2, 0.25) is 15.8 Å². The van der Waals surface area contributed by atoms with E-state index in [1.807, 2.05) is 12.1 Å². The number of anilines is 1. The van der Waals surface area contributed by atoms with Crippen LogP contribution < -0.4 is 19.9 Å². The smallest absolute Gasteiger partial charge is 0.299 e. The van der Waals surface area contributed by atoms with Gasteiger partial charge in [-0.3, -0.25) is 10.1 Å². The summed E-state index contributed by atoms with van der Waals surface area (Å²) in [5.41, 5.74) is 8.20. The number of nitrogens with zero attached hydrogens (tertiary/aromatic N) is 6. The van der Waals surface area contributed by atoms with Crippen molar-refractivity contribution in [2.45, 2.75) is 24.5 Å². The largest absolute Gasteiger partial charge is 0.497 e. The van der Waals surface area contributed by atoms with Crippen LogP contribution in [0.4, 0.5) is 11.4 Å². The number of hydrogen-bond acceptors (Lipinski definition) is 11. The maximum Gasteiger partial charge on any atom is 0.299 e. The molecule has 0 amide bonds. The molecule has 6 rings (SSSR count).